The van der Waals surface area contributed by atoms with Crippen LogP contribution in [0.15, 0.2) is 24.3 Å². The molecule has 0 spiro atoms. The fourth-order valence-electron chi connectivity index (χ4n) is 2.67. The zero-order chi connectivity index (χ0) is 14.1. The minimum atomic E-state index is -0.0376. The van der Waals surface area contributed by atoms with Crippen molar-refractivity contribution in [3.05, 3.63) is 29.8 Å². The van der Waals surface area contributed by atoms with E-state index in [0.29, 0.717) is 31.1 Å². The molecule has 1 aliphatic carbocycles. The van der Waals surface area contributed by atoms with Crippen LogP contribution in [0.1, 0.15) is 24.8 Å². The minimum Gasteiger partial charge on any atom is -0.399 e. The Labute approximate surface area is 118 Å². The molecular weight excluding hydrogens is 254 g/mol. The molecule has 2 aliphatic rings. The summed E-state index contributed by atoms with van der Waals surface area (Å²) in [5.41, 5.74) is 7.23. The van der Waals surface area contributed by atoms with E-state index >= 15 is 0 Å². The van der Waals surface area contributed by atoms with Gasteiger partial charge in [-0.3, -0.25) is 9.59 Å². The van der Waals surface area contributed by atoms with Gasteiger partial charge < -0.3 is 16.0 Å². The van der Waals surface area contributed by atoms with Crippen LogP contribution < -0.4 is 11.1 Å². The molecule has 1 aromatic rings. The van der Waals surface area contributed by atoms with Gasteiger partial charge in [-0.25, -0.2) is 0 Å². The first-order valence-corrected chi connectivity index (χ1v) is 7.05. The lowest BCUT2D eigenvalue weighted by Gasteiger charge is -2.16. The molecule has 0 radical (unpaired) electrons. The highest BCUT2D eigenvalue weighted by Gasteiger charge is 2.39. The normalized spacial score (nSPS) is 22.1. The van der Waals surface area contributed by atoms with Gasteiger partial charge in [-0.15, -0.1) is 0 Å². The molecule has 1 unspecified atom stereocenters. The van der Waals surface area contributed by atoms with Crippen LogP contribution in [0.2, 0.25) is 0 Å². The number of nitrogens with one attached hydrogen (secondary N) is 1. The Kier molecular flexibility index (Phi) is 3.34. The maximum atomic E-state index is 12.0. The van der Waals surface area contributed by atoms with E-state index in [2.05, 4.69) is 5.32 Å². The van der Waals surface area contributed by atoms with Crippen LogP contribution in [0.5, 0.6) is 0 Å². The first-order chi connectivity index (χ1) is 9.61. The molecule has 3 N–H and O–H groups in total. The highest BCUT2D eigenvalue weighted by molar-refractivity contribution is 5.83. The predicted molar refractivity (Wildman–Crippen MR) is 75.8 cm³/mol. The van der Waals surface area contributed by atoms with E-state index in [0.717, 1.165) is 18.4 Å². The van der Waals surface area contributed by atoms with Crippen molar-refractivity contribution >= 4 is 17.5 Å². The van der Waals surface area contributed by atoms with E-state index in [1.54, 1.807) is 12.1 Å². The van der Waals surface area contributed by atoms with Crippen LogP contribution in [0.4, 0.5) is 5.69 Å². The molecule has 1 atom stereocenters. The maximum absolute atomic E-state index is 12.0. The summed E-state index contributed by atoms with van der Waals surface area (Å²) in [4.78, 5) is 25.7. The van der Waals surface area contributed by atoms with E-state index < -0.39 is 0 Å². The van der Waals surface area contributed by atoms with Gasteiger partial charge in [-0.1, -0.05) is 12.1 Å². The number of carbonyl (C=O) groups excluding carboxylic acids is 2. The Bertz CT molecular complexity index is 522. The second kappa shape index (κ2) is 5.15. The number of rotatable bonds is 4. The van der Waals surface area contributed by atoms with Crippen LogP contribution >= 0.6 is 0 Å². The Morgan fingerprint density at radius 1 is 1.30 bits per heavy atom. The average Bonchev–Trinajstić information content (AvgIpc) is 3.17. The first kappa shape index (κ1) is 13.0. The molecule has 1 aromatic carbocycles. The zero-order valence-electron chi connectivity index (χ0n) is 11.3. The summed E-state index contributed by atoms with van der Waals surface area (Å²) in [5.74, 6) is 0.135. The molecular formula is C15H19N3O2. The van der Waals surface area contributed by atoms with Gasteiger partial charge in [0, 0.05) is 24.7 Å². The van der Waals surface area contributed by atoms with E-state index in [4.69, 9.17) is 5.73 Å². The number of amides is 2. The van der Waals surface area contributed by atoms with Crippen molar-refractivity contribution in [3.63, 3.8) is 0 Å². The topological polar surface area (TPSA) is 75.4 Å². The van der Waals surface area contributed by atoms with Crippen LogP contribution in [-0.2, 0) is 16.0 Å². The van der Waals surface area contributed by atoms with Crippen molar-refractivity contribution in [2.24, 2.45) is 0 Å². The van der Waals surface area contributed by atoms with Gasteiger partial charge in [0.2, 0.25) is 11.8 Å². The number of carbonyl (C=O) groups is 2. The highest BCUT2D eigenvalue weighted by Crippen LogP contribution is 2.30. The van der Waals surface area contributed by atoms with Gasteiger partial charge in [0.05, 0.1) is 12.5 Å². The quantitative estimate of drug-likeness (QED) is 0.793. The number of hydrogen-bond acceptors (Lipinski definition) is 3. The highest BCUT2D eigenvalue weighted by atomic mass is 16.2. The Hall–Kier alpha value is -2.04. The summed E-state index contributed by atoms with van der Waals surface area (Å²) in [6.45, 7) is 0.664. The maximum Gasteiger partial charge on any atom is 0.225 e. The van der Waals surface area contributed by atoms with Crippen molar-refractivity contribution in [2.45, 2.75) is 37.8 Å². The lowest BCUT2D eigenvalue weighted by atomic mass is 10.1. The fourth-order valence-corrected chi connectivity index (χ4v) is 2.67. The summed E-state index contributed by atoms with van der Waals surface area (Å²) < 4.78 is 0. The number of nitrogen functional groups attached to an aromatic ring is 1. The van der Waals surface area contributed by atoms with Crippen molar-refractivity contribution in [3.8, 4) is 0 Å². The summed E-state index contributed by atoms with van der Waals surface area (Å²) in [6.07, 6.45) is 2.98. The van der Waals surface area contributed by atoms with Crippen molar-refractivity contribution in [2.75, 3.05) is 12.3 Å². The molecule has 5 nitrogen and oxygen atoms in total. The standard InChI is InChI=1S/C15H19N3O2/c16-11-3-1-10(2-4-11)7-14(19)17-12-8-15(20)18(9-12)13-5-6-13/h1-4,12-13H,5-9,16H2,(H,17,19). The molecule has 2 fully saturated rings. The number of hydrogen-bond donors (Lipinski definition) is 2. The van der Waals surface area contributed by atoms with Gasteiger partial charge >= 0.3 is 0 Å². The molecule has 3 rings (SSSR count). The van der Waals surface area contributed by atoms with Gasteiger partial charge in [0.25, 0.3) is 0 Å². The molecule has 106 valence electrons. The SMILES string of the molecule is Nc1ccc(CC(=O)NC2CC(=O)N(C3CC3)C2)cc1. The zero-order valence-corrected chi connectivity index (χ0v) is 11.3. The Balaban J connectivity index is 1.51. The predicted octanol–water partition coefficient (Wildman–Crippen LogP) is 0.691. The third kappa shape index (κ3) is 2.92. The minimum absolute atomic E-state index is 0.0368. The number of nitrogens with two attached hydrogens (primary N) is 1. The second-order valence-corrected chi connectivity index (χ2v) is 5.66. The number of anilines is 1. The molecule has 5 heteroatoms. The molecule has 2 amide bonds. The van der Waals surface area contributed by atoms with E-state index in [9.17, 15) is 9.59 Å². The smallest absolute Gasteiger partial charge is 0.225 e. The Morgan fingerprint density at radius 3 is 2.65 bits per heavy atom. The Morgan fingerprint density at radius 2 is 2.00 bits per heavy atom. The fraction of sp³-hybridized carbons (Fsp3) is 0.467. The average molecular weight is 273 g/mol. The van der Waals surface area contributed by atoms with E-state index in [-0.39, 0.29) is 17.9 Å². The second-order valence-electron chi connectivity index (χ2n) is 5.66. The van der Waals surface area contributed by atoms with E-state index in [1.165, 1.54) is 0 Å². The largest absolute Gasteiger partial charge is 0.399 e. The van der Waals surface area contributed by atoms with Crippen LogP contribution in [0, 0.1) is 0 Å². The molecule has 0 bridgehead atoms. The summed E-state index contributed by atoms with van der Waals surface area (Å²) in [7, 11) is 0. The van der Waals surface area contributed by atoms with Crippen LogP contribution in [-0.4, -0.2) is 35.3 Å². The van der Waals surface area contributed by atoms with Crippen LogP contribution in [0.25, 0.3) is 0 Å². The molecule has 1 saturated carbocycles. The van der Waals surface area contributed by atoms with Gasteiger partial charge in [0.15, 0.2) is 0 Å². The molecule has 1 aliphatic heterocycles. The number of nitrogens with zero attached hydrogens (tertiary/aromatic N) is 1. The van der Waals surface area contributed by atoms with Crippen LogP contribution in [0.3, 0.4) is 0 Å². The number of likely N-dealkylation sites (tertiary alicyclic amines) is 1. The molecule has 1 saturated heterocycles. The number of benzene rings is 1. The first-order valence-electron chi connectivity index (χ1n) is 7.05. The molecule has 0 aromatic heterocycles. The third-order valence-corrected chi connectivity index (χ3v) is 3.86. The van der Waals surface area contributed by atoms with Crippen molar-refractivity contribution in [1.29, 1.82) is 0 Å². The third-order valence-electron chi connectivity index (χ3n) is 3.86. The van der Waals surface area contributed by atoms with Crippen molar-refractivity contribution < 1.29 is 9.59 Å². The molecule has 1 heterocycles. The van der Waals surface area contributed by atoms with Crippen molar-refractivity contribution in [1.82, 2.24) is 10.2 Å². The van der Waals surface area contributed by atoms with Gasteiger partial charge in [-0.2, -0.15) is 0 Å². The summed E-state index contributed by atoms with van der Waals surface area (Å²) >= 11 is 0. The lowest BCUT2D eigenvalue weighted by Crippen LogP contribution is -2.38. The van der Waals surface area contributed by atoms with Gasteiger partial charge in [-0.05, 0) is 30.5 Å². The lowest BCUT2D eigenvalue weighted by molar-refractivity contribution is -0.128. The van der Waals surface area contributed by atoms with E-state index in [1.807, 2.05) is 17.0 Å². The van der Waals surface area contributed by atoms with Gasteiger partial charge in [0.1, 0.15) is 0 Å². The summed E-state index contributed by atoms with van der Waals surface area (Å²) in [5, 5.41) is 2.95. The summed E-state index contributed by atoms with van der Waals surface area (Å²) in [6, 6.07) is 7.68. The monoisotopic (exact) mass is 273 g/mol. The molecule has 20 heavy (non-hydrogen) atoms.